The van der Waals surface area contributed by atoms with Crippen LogP contribution >= 0.6 is 11.8 Å². The van der Waals surface area contributed by atoms with Crippen LogP contribution in [0.2, 0.25) is 0 Å². The molecule has 0 atom stereocenters. The summed E-state index contributed by atoms with van der Waals surface area (Å²) < 4.78 is 1.75. The third-order valence-corrected chi connectivity index (χ3v) is 3.78. The highest BCUT2D eigenvalue weighted by molar-refractivity contribution is 7.99. The first-order chi connectivity index (χ1) is 9.96. The van der Waals surface area contributed by atoms with Crippen LogP contribution in [0.4, 0.5) is 0 Å². The predicted octanol–water partition coefficient (Wildman–Crippen LogP) is 2.70. The zero-order valence-corrected chi connectivity index (χ0v) is 13.5. The maximum atomic E-state index is 4.10. The van der Waals surface area contributed by atoms with Gasteiger partial charge in [0.15, 0.2) is 0 Å². The van der Waals surface area contributed by atoms with Gasteiger partial charge in [-0.15, -0.1) is 5.10 Å². The minimum Gasteiger partial charge on any atom is -0.308 e. The molecule has 1 aromatic carbocycles. The van der Waals surface area contributed by atoms with Crippen molar-refractivity contribution in [2.75, 3.05) is 12.3 Å². The first-order valence-electron chi connectivity index (χ1n) is 6.84. The lowest BCUT2D eigenvalue weighted by Crippen LogP contribution is -2.37. The maximum absolute atomic E-state index is 4.10. The monoisotopic (exact) mass is 303 g/mol. The molecule has 0 spiro atoms. The number of thioether (sulfide) groups is 1. The first kappa shape index (κ1) is 15.7. The summed E-state index contributed by atoms with van der Waals surface area (Å²) in [5.41, 5.74) is 2.18. The minimum absolute atomic E-state index is 0.0965. The van der Waals surface area contributed by atoms with Gasteiger partial charge in [0.2, 0.25) is 5.16 Å². The SMILES string of the molecule is C=C(CNC(C)(C)C)CSc1nnnn1-c1ccccc1. The molecule has 0 amide bonds. The summed E-state index contributed by atoms with van der Waals surface area (Å²) in [5.74, 6) is 0.788. The number of hydrogen-bond donors (Lipinski definition) is 1. The summed E-state index contributed by atoms with van der Waals surface area (Å²) in [6.07, 6.45) is 0. The molecule has 1 heterocycles. The largest absolute Gasteiger partial charge is 0.308 e. The van der Waals surface area contributed by atoms with Crippen molar-refractivity contribution in [2.24, 2.45) is 0 Å². The molecule has 5 nitrogen and oxygen atoms in total. The van der Waals surface area contributed by atoms with E-state index in [9.17, 15) is 0 Å². The molecule has 0 radical (unpaired) electrons. The smallest absolute Gasteiger partial charge is 0.214 e. The number of para-hydroxylation sites is 1. The third-order valence-electron chi connectivity index (χ3n) is 2.72. The van der Waals surface area contributed by atoms with Crippen molar-refractivity contribution in [1.82, 2.24) is 25.5 Å². The van der Waals surface area contributed by atoms with E-state index in [2.05, 4.69) is 48.2 Å². The molecule has 2 rings (SSSR count). The highest BCUT2D eigenvalue weighted by Crippen LogP contribution is 2.19. The summed E-state index contributed by atoms with van der Waals surface area (Å²) in [7, 11) is 0. The van der Waals surface area contributed by atoms with Crippen molar-refractivity contribution in [1.29, 1.82) is 0 Å². The number of benzene rings is 1. The van der Waals surface area contributed by atoms with E-state index >= 15 is 0 Å². The van der Waals surface area contributed by atoms with Crippen molar-refractivity contribution >= 4 is 11.8 Å². The maximum Gasteiger partial charge on any atom is 0.214 e. The summed E-state index contributed by atoms with van der Waals surface area (Å²) >= 11 is 1.59. The highest BCUT2D eigenvalue weighted by atomic mass is 32.2. The quantitative estimate of drug-likeness (QED) is 0.657. The van der Waals surface area contributed by atoms with Crippen LogP contribution in [-0.2, 0) is 0 Å². The molecule has 0 aliphatic heterocycles. The average molecular weight is 303 g/mol. The van der Waals surface area contributed by atoms with Gasteiger partial charge in [-0.25, -0.2) is 0 Å². The van der Waals surface area contributed by atoms with Gasteiger partial charge in [-0.3, -0.25) is 0 Å². The number of aromatic nitrogens is 4. The van der Waals surface area contributed by atoms with Gasteiger partial charge >= 0.3 is 0 Å². The highest BCUT2D eigenvalue weighted by Gasteiger charge is 2.11. The summed E-state index contributed by atoms with van der Waals surface area (Å²) in [6.45, 7) is 11.3. The normalized spacial score (nSPS) is 11.6. The standard InChI is InChI=1S/C15H21N5S/c1-12(10-16-15(2,3)4)11-21-14-17-18-19-20(14)13-8-6-5-7-9-13/h5-9,16H,1,10-11H2,2-4H3. The van der Waals surface area contributed by atoms with E-state index in [1.54, 1.807) is 16.4 Å². The van der Waals surface area contributed by atoms with Crippen LogP contribution in [0.3, 0.4) is 0 Å². The van der Waals surface area contributed by atoms with E-state index in [1.165, 1.54) is 0 Å². The Balaban J connectivity index is 1.93. The Morgan fingerprint density at radius 2 is 2.00 bits per heavy atom. The summed E-state index contributed by atoms with van der Waals surface area (Å²) in [6, 6.07) is 9.88. The minimum atomic E-state index is 0.0965. The van der Waals surface area contributed by atoms with Gasteiger partial charge in [-0.2, -0.15) is 4.68 Å². The molecule has 112 valence electrons. The van der Waals surface area contributed by atoms with Crippen LogP contribution in [0.25, 0.3) is 5.69 Å². The second-order valence-corrected chi connectivity index (χ2v) is 6.79. The molecular weight excluding hydrogens is 282 g/mol. The lowest BCUT2D eigenvalue weighted by molar-refractivity contribution is 0.445. The van der Waals surface area contributed by atoms with Gasteiger partial charge in [-0.05, 0) is 43.3 Å². The van der Waals surface area contributed by atoms with E-state index in [-0.39, 0.29) is 5.54 Å². The molecule has 1 aromatic heterocycles. The molecule has 1 N–H and O–H groups in total. The third kappa shape index (κ3) is 4.99. The molecular formula is C15H21N5S. The number of nitrogens with one attached hydrogen (secondary N) is 1. The van der Waals surface area contributed by atoms with Gasteiger partial charge in [0.25, 0.3) is 0 Å². The zero-order chi connectivity index (χ0) is 15.3. The van der Waals surface area contributed by atoms with Crippen LogP contribution in [0, 0.1) is 0 Å². The Bertz CT molecular complexity index is 586. The van der Waals surface area contributed by atoms with Gasteiger partial charge in [0.1, 0.15) is 0 Å². The van der Waals surface area contributed by atoms with Gasteiger partial charge in [-0.1, -0.05) is 42.1 Å². The molecule has 0 aliphatic carbocycles. The van der Waals surface area contributed by atoms with Crippen molar-refractivity contribution in [3.8, 4) is 5.69 Å². The average Bonchev–Trinajstić information content (AvgIpc) is 2.91. The molecule has 0 saturated heterocycles. The van der Waals surface area contributed by atoms with E-state index in [4.69, 9.17) is 0 Å². The molecule has 0 unspecified atom stereocenters. The lowest BCUT2D eigenvalue weighted by atomic mass is 10.1. The van der Waals surface area contributed by atoms with Gasteiger partial charge in [0.05, 0.1) is 5.69 Å². The molecule has 2 aromatic rings. The Kier molecular flexibility index (Phi) is 5.14. The van der Waals surface area contributed by atoms with E-state index < -0.39 is 0 Å². The molecule has 6 heteroatoms. The lowest BCUT2D eigenvalue weighted by Gasteiger charge is -2.21. The fourth-order valence-electron chi connectivity index (χ4n) is 1.61. The Hall–Kier alpha value is -1.66. The second kappa shape index (κ2) is 6.87. The number of nitrogens with zero attached hydrogens (tertiary/aromatic N) is 4. The number of hydrogen-bond acceptors (Lipinski definition) is 5. The van der Waals surface area contributed by atoms with Crippen molar-refractivity contribution < 1.29 is 0 Å². The predicted molar refractivity (Wildman–Crippen MR) is 86.8 cm³/mol. The molecule has 0 aliphatic rings. The molecule has 21 heavy (non-hydrogen) atoms. The van der Waals surface area contributed by atoms with Crippen molar-refractivity contribution in [3.63, 3.8) is 0 Å². The molecule has 0 bridgehead atoms. The molecule has 0 fully saturated rings. The summed E-state index contributed by atoms with van der Waals surface area (Å²) in [4.78, 5) is 0. The number of tetrazole rings is 1. The Labute approximate surface area is 129 Å². The van der Waals surface area contributed by atoms with Crippen LogP contribution in [0.15, 0.2) is 47.6 Å². The summed E-state index contributed by atoms with van der Waals surface area (Å²) in [5, 5.41) is 16.1. The van der Waals surface area contributed by atoms with E-state index in [0.29, 0.717) is 0 Å². The first-order valence-corrected chi connectivity index (χ1v) is 7.82. The van der Waals surface area contributed by atoms with Crippen LogP contribution < -0.4 is 5.32 Å². The fraction of sp³-hybridized carbons (Fsp3) is 0.400. The van der Waals surface area contributed by atoms with E-state index in [1.807, 2.05) is 30.3 Å². The van der Waals surface area contributed by atoms with Crippen molar-refractivity contribution in [3.05, 3.63) is 42.5 Å². The Morgan fingerprint density at radius 1 is 1.29 bits per heavy atom. The molecule has 0 saturated carbocycles. The fourth-order valence-corrected chi connectivity index (χ4v) is 2.40. The van der Waals surface area contributed by atoms with Gasteiger partial charge < -0.3 is 5.32 Å². The number of rotatable bonds is 6. The van der Waals surface area contributed by atoms with Crippen LogP contribution in [0.5, 0.6) is 0 Å². The van der Waals surface area contributed by atoms with Gasteiger partial charge in [0, 0.05) is 17.8 Å². The van der Waals surface area contributed by atoms with Crippen molar-refractivity contribution in [2.45, 2.75) is 31.5 Å². The van der Waals surface area contributed by atoms with Crippen LogP contribution in [-0.4, -0.2) is 38.0 Å². The Morgan fingerprint density at radius 3 is 2.67 bits per heavy atom. The zero-order valence-electron chi connectivity index (χ0n) is 12.7. The topological polar surface area (TPSA) is 55.6 Å². The van der Waals surface area contributed by atoms with E-state index in [0.717, 1.165) is 28.7 Å². The van der Waals surface area contributed by atoms with Crippen LogP contribution in [0.1, 0.15) is 20.8 Å². The second-order valence-electron chi connectivity index (χ2n) is 5.85.